The highest BCUT2D eigenvalue weighted by Crippen LogP contribution is 2.38. The molecule has 0 fully saturated rings. The van der Waals surface area contributed by atoms with Gasteiger partial charge in [-0.05, 0) is 23.6 Å². The number of benzene rings is 2. The highest BCUT2D eigenvalue weighted by atomic mass is 32.1. The molecule has 0 bridgehead atoms. The van der Waals surface area contributed by atoms with E-state index >= 15 is 0 Å². The molecule has 5 rings (SSSR count). The molecule has 0 spiro atoms. The molecule has 31 heavy (non-hydrogen) atoms. The smallest absolute Gasteiger partial charge is 0.152 e. The highest BCUT2D eigenvalue weighted by Gasteiger charge is 2.17. The first kappa shape index (κ1) is 19.7. The van der Waals surface area contributed by atoms with Crippen LogP contribution in [0.2, 0.25) is 0 Å². The Bertz CT molecular complexity index is 1330. The number of rotatable bonds is 7. The van der Waals surface area contributed by atoms with Gasteiger partial charge in [-0.25, -0.2) is 9.97 Å². The van der Waals surface area contributed by atoms with Crippen LogP contribution in [-0.2, 0) is 24.8 Å². The van der Waals surface area contributed by atoms with Crippen molar-refractivity contribution in [3.63, 3.8) is 0 Å². The van der Waals surface area contributed by atoms with Crippen molar-refractivity contribution >= 4 is 38.4 Å². The van der Waals surface area contributed by atoms with Crippen molar-refractivity contribution in [2.24, 2.45) is 7.05 Å². The summed E-state index contributed by atoms with van der Waals surface area (Å²) in [5, 5.41) is 0. The van der Waals surface area contributed by atoms with E-state index < -0.39 is 0 Å². The lowest BCUT2D eigenvalue weighted by Gasteiger charge is -2.05. The normalized spacial score (nSPS) is 11.5. The van der Waals surface area contributed by atoms with Gasteiger partial charge in [0.25, 0.3) is 0 Å². The first-order valence-electron chi connectivity index (χ1n) is 10.4. The highest BCUT2D eigenvalue weighted by molar-refractivity contribution is 7.23. The monoisotopic (exact) mass is 428 g/mol. The van der Waals surface area contributed by atoms with Gasteiger partial charge in [0.15, 0.2) is 5.82 Å². The molecule has 156 valence electrons. The van der Waals surface area contributed by atoms with Crippen LogP contribution in [0.25, 0.3) is 31.7 Å². The number of pyridine rings is 1. The molecule has 0 saturated heterocycles. The number of hydrogen-bond acceptors (Lipinski definition) is 5. The van der Waals surface area contributed by atoms with Crippen LogP contribution >= 0.6 is 11.3 Å². The molecule has 6 heteroatoms. The maximum atomic E-state index is 6.29. The number of thiophene rings is 1. The summed E-state index contributed by atoms with van der Waals surface area (Å²) < 4.78 is 9.12. The molecule has 3 heterocycles. The van der Waals surface area contributed by atoms with Crippen LogP contribution in [0.3, 0.4) is 0 Å². The van der Waals surface area contributed by atoms with Crippen LogP contribution in [-0.4, -0.2) is 21.1 Å². The molecule has 0 radical (unpaired) electrons. The summed E-state index contributed by atoms with van der Waals surface area (Å²) in [6.45, 7) is 1.33. The third-order valence-corrected chi connectivity index (χ3v) is 6.64. The van der Waals surface area contributed by atoms with Gasteiger partial charge in [-0.15, -0.1) is 11.3 Å². The first-order valence-corrected chi connectivity index (χ1v) is 11.2. The largest absolute Gasteiger partial charge is 0.382 e. The number of fused-ring (bicyclic) bond motifs is 3. The predicted octanol–water partition coefficient (Wildman–Crippen LogP) is 5.58. The molecule has 2 N–H and O–H groups in total. The van der Waals surface area contributed by atoms with Crippen LogP contribution in [0.4, 0.5) is 5.82 Å². The van der Waals surface area contributed by atoms with Crippen molar-refractivity contribution in [3.05, 3.63) is 78.1 Å². The number of nitrogens with two attached hydrogens (primary N) is 1. The van der Waals surface area contributed by atoms with Gasteiger partial charge in [-0.1, -0.05) is 60.7 Å². The summed E-state index contributed by atoms with van der Waals surface area (Å²) in [5.41, 5.74) is 11.4. The Morgan fingerprint density at radius 1 is 1.00 bits per heavy atom. The van der Waals surface area contributed by atoms with E-state index in [1.54, 1.807) is 11.3 Å². The van der Waals surface area contributed by atoms with Crippen molar-refractivity contribution in [2.75, 3.05) is 12.3 Å². The lowest BCUT2D eigenvalue weighted by atomic mass is 10.2. The summed E-state index contributed by atoms with van der Waals surface area (Å²) >= 11 is 1.74. The van der Waals surface area contributed by atoms with E-state index in [9.17, 15) is 0 Å². The Morgan fingerprint density at radius 2 is 1.74 bits per heavy atom. The fourth-order valence-electron chi connectivity index (χ4n) is 3.87. The summed E-state index contributed by atoms with van der Waals surface area (Å²) in [6.07, 6.45) is 1.73. The van der Waals surface area contributed by atoms with Gasteiger partial charge in [0.2, 0.25) is 0 Å². The van der Waals surface area contributed by atoms with Gasteiger partial charge in [-0.2, -0.15) is 0 Å². The molecule has 5 aromatic rings. The van der Waals surface area contributed by atoms with E-state index in [-0.39, 0.29) is 0 Å². The van der Waals surface area contributed by atoms with Crippen LogP contribution < -0.4 is 5.73 Å². The topological polar surface area (TPSA) is 66.0 Å². The van der Waals surface area contributed by atoms with Crippen LogP contribution in [0.5, 0.6) is 0 Å². The standard InChI is InChI=1S/C25H24N4OS/c1-29-21(13-8-14-30-16-17-9-4-2-5-10-17)28-22-23(29)24-19(27-25(22)26)15-20(31-24)18-11-6-3-7-12-18/h2-7,9-12,15H,8,13-14,16H2,1H3,(H2,26,27). The molecule has 3 aromatic heterocycles. The van der Waals surface area contributed by atoms with E-state index in [1.807, 2.05) is 24.3 Å². The summed E-state index contributed by atoms with van der Waals surface area (Å²) in [5.74, 6) is 1.50. The Kier molecular flexibility index (Phi) is 5.40. The fourth-order valence-corrected chi connectivity index (χ4v) is 5.05. The quantitative estimate of drug-likeness (QED) is 0.344. The van der Waals surface area contributed by atoms with Crippen molar-refractivity contribution in [3.8, 4) is 10.4 Å². The van der Waals surface area contributed by atoms with E-state index in [0.29, 0.717) is 19.0 Å². The number of aromatic nitrogens is 3. The predicted molar refractivity (Wildman–Crippen MR) is 128 cm³/mol. The molecule has 0 unspecified atom stereocenters. The molecule has 0 aliphatic carbocycles. The van der Waals surface area contributed by atoms with Crippen molar-refractivity contribution in [1.29, 1.82) is 0 Å². The number of anilines is 1. The maximum Gasteiger partial charge on any atom is 0.152 e. The molecule has 5 nitrogen and oxygen atoms in total. The van der Waals surface area contributed by atoms with E-state index in [2.05, 4.69) is 59.1 Å². The molecule has 0 aliphatic heterocycles. The Hall–Kier alpha value is -3.22. The summed E-state index contributed by atoms with van der Waals surface area (Å²) in [4.78, 5) is 10.6. The Morgan fingerprint density at radius 3 is 2.52 bits per heavy atom. The maximum absolute atomic E-state index is 6.29. The zero-order valence-corrected chi connectivity index (χ0v) is 18.2. The number of nitrogen functional groups attached to an aromatic ring is 1. The second-order valence-electron chi connectivity index (χ2n) is 7.61. The lowest BCUT2D eigenvalue weighted by molar-refractivity contribution is 0.118. The van der Waals surface area contributed by atoms with Gasteiger partial charge < -0.3 is 15.0 Å². The minimum Gasteiger partial charge on any atom is -0.382 e. The van der Waals surface area contributed by atoms with E-state index in [1.165, 1.54) is 16.0 Å². The number of aryl methyl sites for hydroxylation is 2. The molecule has 0 aliphatic rings. The third-order valence-electron chi connectivity index (χ3n) is 5.46. The number of ether oxygens (including phenoxy) is 1. The lowest BCUT2D eigenvalue weighted by Crippen LogP contribution is -2.02. The average Bonchev–Trinajstić information content (AvgIpc) is 3.36. The van der Waals surface area contributed by atoms with Crippen molar-refractivity contribution in [1.82, 2.24) is 14.5 Å². The average molecular weight is 429 g/mol. The Balaban J connectivity index is 1.37. The van der Waals surface area contributed by atoms with Crippen molar-refractivity contribution < 1.29 is 4.74 Å². The number of imidazole rings is 1. The van der Waals surface area contributed by atoms with Crippen LogP contribution in [0.1, 0.15) is 17.8 Å². The minimum absolute atomic E-state index is 0.488. The molecule has 0 atom stereocenters. The fraction of sp³-hybridized carbons (Fsp3) is 0.200. The Labute approximate surface area is 185 Å². The zero-order chi connectivity index (χ0) is 21.2. The molecular weight excluding hydrogens is 404 g/mol. The van der Waals surface area contributed by atoms with Gasteiger partial charge in [0, 0.05) is 25.0 Å². The van der Waals surface area contributed by atoms with E-state index in [0.717, 1.165) is 39.9 Å². The van der Waals surface area contributed by atoms with Gasteiger partial charge in [0.1, 0.15) is 11.3 Å². The third kappa shape index (κ3) is 3.92. The van der Waals surface area contributed by atoms with Crippen LogP contribution in [0.15, 0.2) is 66.7 Å². The number of nitrogens with zero attached hydrogens (tertiary/aromatic N) is 3. The second-order valence-corrected chi connectivity index (χ2v) is 8.67. The van der Waals surface area contributed by atoms with Gasteiger partial charge in [-0.3, -0.25) is 0 Å². The van der Waals surface area contributed by atoms with Crippen molar-refractivity contribution in [2.45, 2.75) is 19.4 Å². The molecule has 0 saturated carbocycles. The molecular formula is C25H24N4OS. The van der Waals surface area contributed by atoms with Crippen LogP contribution in [0, 0.1) is 0 Å². The molecule has 2 aromatic carbocycles. The second kappa shape index (κ2) is 8.49. The summed E-state index contributed by atoms with van der Waals surface area (Å²) in [6, 6.07) is 22.7. The SMILES string of the molecule is Cn1c(CCCOCc2ccccc2)nc2c(N)nc3cc(-c4ccccc4)sc3c21. The first-order chi connectivity index (χ1) is 15.2. The number of hydrogen-bond donors (Lipinski definition) is 1. The van der Waals surface area contributed by atoms with Gasteiger partial charge >= 0.3 is 0 Å². The van der Waals surface area contributed by atoms with E-state index in [4.69, 9.17) is 15.5 Å². The summed E-state index contributed by atoms with van der Waals surface area (Å²) in [7, 11) is 2.07. The minimum atomic E-state index is 0.488. The van der Waals surface area contributed by atoms with Gasteiger partial charge in [0.05, 0.1) is 22.3 Å². The zero-order valence-electron chi connectivity index (χ0n) is 17.4. The molecule has 0 amide bonds.